The number of ketones is 3. The molecule has 3 atom stereocenters. The molecule has 0 radical (unpaired) electrons. The molecule has 0 unspecified atom stereocenters. The second-order valence-corrected chi connectivity index (χ2v) is 11.4. The second kappa shape index (κ2) is 9.24. The van der Waals surface area contributed by atoms with E-state index in [2.05, 4.69) is 15.9 Å². The van der Waals surface area contributed by atoms with Crippen LogP contribution in [-0.4, -0.2) is 46.8 Å². The molecule has 0 amide bonds. The summed E-state index contributed by atoms with van der Waals surface area (Å²) in [5.74, 6) is -1.67. The van der Waals surface area contributed by atoms with Crippen LogP contribution in [0.2, 0.25) is 0 Å². The molecule has 8 heteroatoms. The number of hydrogen-bond acceptors (Lipinski definition) is 7. The van der Waals surface area contributed by atoms with Crippen LogP contribution in [0.1, 0.15) is 59.7 Å². The molecule has 0 bridgehead atoms. The Kier molecular flexibility index (Phi) is 5.73. The molecule has 1 saturated heterocycles. The fourth-order valence-electron chi connectivity index (χ4n) is 6.82. The van der Waals surface area contributed by atoms with Crippen LogP contribution in [-0.2, 0) is 0 Å². The van der Waals surface area contributed by atoms with Crippen molar-refractivity contribution in [3.8, 4) is 11.5 Å². The number of rotatable bonds is 4. The lowest BCUT2D eigenvalue weighted by molar-refractivity contribution is 0.0585. The van der Waals surface area contributed by atoms with Crippen molar-refractivity contribution in [2.75, 3.05) is 7.11 Å². The van der Waals surface area contributed by atoms with Gasteiger partial charge in [0.25, 0.3) is 0 Å². The number of methoxy groups -OCH3 is 1. The Hall–Kier alpha value is -4.56. The third-order valence-corrected chi connectivity index (χ3v) is 9.04. The average molecular weight is 607 g/mol. The topological polar surface area (TPSA) is 96.3 Å². The molecule has 4 aromatic rings. The smallest absolute Gasteiger partial charge is 0.187 e. The van der Waals surface area contributed by atoms with Crippen LogP contribution in [0.15, 0.2) is 101 Å². The highest BCUT2D eigenvalue weighted by Crippen LogP contribution is 2.65. The van der Waals surface area contributed by atoms with Crippen LogP contribution in [0.4, 0.5) is 0 Å². The molecule has 41 heavy (non-hydrogen) atoms. The lowest BCUT2D eigenvalue weighted by Crippen LogP contribution is -2.43. The first-order valence-corrected chi connectivity index (χ1v) is 13.9. The molecule has 1 spiro atoms. The highest BCUT2D eigenvalue weighted by atomic mass is 79.9. The van der Waals surface area contributed by atoms with Gasteiger partial charge in [0.05, 0.1) is 19.4 Å². The summed E-state index contributed by atoms with van der Waals surface area (Å²) >= 11 is 3.50. The van der Waals surface area contributed by atoms with Gasteiger partial charge in [0.15, 0.2) is 17.3 Å². The lowest BCUT2D eigenvalue weighted by Gasteiger charge is -2.36. The Morgan fingerprint density at radius 1 is 0.902 bits per heavy atom. The van der Waals surface area contributed by atoms with Gasteiger partial charge in [0, 0.05) is 32.6 Å². The zero-order valence-electron chi connectivity index (χ0n) is 21.8. The first-order valence-electron chi connectivity index (χ1n) is 13.1. The van der Waals surface area contributed by atoms with E-state index in [-0.39, 0.29) is 23.1 Å². The van der Waals surface area contributed by atoms with Gasteiger partial charge in [-0.25, -0.2) is 0 Å². The number of phenols is 1. The number of Topliss-reactive ketones (excluding diaryl/α,β-unsaturated/α-hetero) is 3. The van der Waals surface area contributed by atoms with Gasteiger partial charge in [-0.3, -0.25) is 19.4 Å². The number of hydrogen-bond donors (Lipinski definition) is 1. The maximum absolute atomic E-state index is 14.7. The minimum atomic E-state index is -1.76. The number of phenolic OH excluding ortho intramolecular Hbond substituents is 1. The molecule has 4 aromatic carbocycles. The molecule has 2 aliphatic heterocycles. The van der Waals surface area contributed by atoms with Crippen LogP contribution in [0, 0.1) is 5.41 Å². The molecular weight excluding hydrogens is 584 g/mol. The quantitative estimate of drug-likeness (QED) is 0.227. The zero-order valence-corrected chi connectivity index (χ0v) is 23.4. The van der Waals surface area contributed by atoms with E-state index in [0.29, 0.717) is 32.5 Å². The highest BCUT2D eigenvalue weighted by Gasteiger charge is 2.73. The van der Waals surface area contributed by atoms with E-state index in [4.69, 9.17) is 9.84 Å². The van der Waals surface area contributed by atoms with E-state index in [1.54, 1.807) is 79.0 Å². The van der Waals surface area contributed by atoms with Gasteiger partial charge in [-0.15, -0.1) is 0 Å². The third kappa shape index (κ3) is 3.43. The number of halogens is 1. The largest absolute Gasteiger partial charge is 0.508 e. The van der Waals surface area contributed by atoms with Gasteiger partial charge in [0.2, 0.25) is 0 Å². The Balaban J connectivity index is 1.55. The number of carbonyl (C=O) groups excluding carboxylic acids is 3. The standard InChI is InChI=1S/C33H23BrN2O5/c1-41-21-13-10-18(11-14-21)29(38)28-27(25-16-20(34)12-15-26(25)37)33(31(39)23-8-4-5-9-24(23)32(33)40)30-22-7-3-2-6-19(22)17-35-36(28)30/h2-17,27-28,30,37H,1H3/t27-,28+,30-/m1/s1. The summed E-state index contributed by atoms with van der Waals surface area (Å²) in [6.07, 6.45) is 1.66. The van der Waals surface area contributed by atoms with Crippen molar-refractivity contribution in [1.82, 2.24) is 5.01 Å². The van der Waals surface area contributed by atoms with E-state index in [9.17, 15) is 19.5 Å². The van der Waals surface area contributed by atoms with E-state index < -0.39 is 23.4 Å². The minimum absolute atomic E-state index is 0.112. The van der Waals surface area contributed by atoms with Crippen LogP contribution in [0.25, 0.3) is 0 Å². The highest BCUT2D eigenvalue weighted by molar-refractivity contribution is 9.10. The Morgan fingerprint density at radius 3 is 2.24 bits per heavy atom. The predicted octanol–water partition coefficient (Wildman–Crippen LogP) is 5.97. The fraction of sp³-hybridized carbons (Fsp3) is 0.152. The van der Waals surface area contributed by atoms with E-state index in [1.165, 1.54) is 6.07 Å². The summed E-state index contributed by atoms with van der Waals surface area (Å²) in [4.78, 5) is 44.0. The fourth-order valence-corrected chi connectivity index (χ4v) is 7.20. The maximum atomic E-state index is 14.7. The van der Waals surface area contributed by atoms with E-state index in [0.717, 1.165) is 11.1 Å². The molecule has 1 N–H and O–H groups in total. The number of hydrazone groups is 1. The predicted molar refractivity (Wildman–Crippen MR) is 156 cm³/mol. The normalized spacial score (nSPS) is 21.5. The van der Waals surface area contributed by atoms with Crippen molar-refractivity contribution >= 4 is 39.5 Å². The summed E-state index contributed by atoms with van der Waals surface area (Å²) in [6, 6.07) is 23.9. The van der Waals surface area contributed by atoms with Gasteiger partial charge in [-0.05, 0) is 53.6 Å². The van der Waals surface area contributed by atoms with Gasteiger partial charge in [-0.2, -0.15) is 5.10 Å². The number of carbonyl (C=O) groups is 3. The Bertz CT molecular complexity index is 1760. The van der Waals surface area contributed by atoms with Gasteiger partial charge in [-0.1, -0.05) is 64.5 Å². The monoisotopic (exact) mass is 606 g/mol. The summed E-state index contributed by atoms with van der Waals surface area (Å²) in [7, 11) is 1.54. The summed E-state index contributed by atoms with van der Waals surface area (Å²) in [5.41, 5.74) is 1.03. The van der Waals surface area contributed by atoms with Crippen molar-refractivity contribution in [2.24, 2.45) is 10.5 Å². The first-order chi connectivity index (χ1) is 19.9. The first kappa shape index (κ1) is 25.4. The van der Waals surface area contributed by atoms with Crippen LogP contribution < -0.4 is 4.74 Å². The molecule has 1 aliphatic carbocycles. The summed E-state index contributed by atoms with van der Waals surface area (Å²) in [5, 5.41) is 17.6. The van der Waals surface area contributed by atoms with E-state index in [1.807, 2.05) is 24.3 Å². The summed E-state index contributed by atoms with van der Waals surface area (Å²) < 4.78 is 5.93. The molecule has 7 nitrogen and oxygen atoms in total. The molecule has 202 valence electrons. The number of aromatic hydroxyl groups is 1. The van der Waals surface area contributed by atoms with Crippen molar-refractivity contribution < 1.29 is 24.2 Å². The Morgan fingerprint density at radius 2 is 1.56 bits per heavy atom. The number of benzene rings is 4. The zero-order chi connectivity index (χ0) is 28.5. The SMILES string of the molecule is COc1ccc(C(=O)[C@@H]2[C@@H](c3cc(Br)ccc3O)C3(C(=O)c4ccccc4C3=O)[C@H]3c4ccccc4C=NN23)cc1. The van der Waals surface area contributed by atoms with Gasteiger partial charge < -0.3 is 9.84 Å². The number of ether oxygens (including phenoxy) is 1. The molecule has 1 fully saturated rings. The molecule has 2 heterocycles. The number of fused-ring (bicyclic) bond motifs is 5. The van der Waals surface area contributed by atoms with Crippen LogP contribution >= 0.6 is 15.9 Å². The molecule has 3 aliphatic rings. The minimum Gasteiger partial charge on any atom is -0.508 e. The number of nitrogens with zero attached hydrogens (tertiary/aromatic N) is 2. The summed E-state index contributed by atoms with van der Waals surface area (Å²) in [6.45, 7) is 0. The Labute approximate surface area is 244 Å². The van der Waals surface area contributed by atoms with Crippen molar-refractivity contribution in [3.63, 3.8) is 0 Å². The van der Waals surface area contributed by atoms with Crippen molar-refractivity contribution in [2.45, 2.75) is 18.0 Å². The van der Waals surface area contributed by atoms with E-state index >= 15 is 0 Å². The lowest BCUT2D eigenvalue weighted by atomic mass is 9.62. The molecule has 0 aromatic heterocycles. The molecule has 0 saturated carbocycles. The van der Waals surface area contributed by atoms with Crippen molar-refractivity contribution in [3.05, 3.63) is 129 Å². The van der Waals surface area contributed by atoms with Crippen LogP contribution in [0.5, 0.6) is 11.5 Å². The molecule has 7 rings (SSSR count). The van der Waals surface area contributed by atoms with Gasteiger partial charge in [0.1, 0.15) is 23.0 Å². The average Bonchev–Trinajstić information content (AvgIpc) is 3.44. The van der Waals surface area contributed by atoms with Gasteiger partial charge >= 0.3 is 0 Å². The molecular formula is C33H23BrN2O5. The van der Waals surface area contributed by atoms with Crippen molar-refractivity contribution in [1.29, 1.82) is 0 Å². The second-order valence-electron chi connectivity index (χ2n) is 10.4. The van der Waals surface area contributed by atoms with Crippen LogP contribution in [0.3, 0.4) is 0 Å². The third-order valence-electron chi connectivity index (χ3n) is 8.54. The maximum Gasteiger partial charge on any atom is 0.187 e.